The van der Waals surface area contributed by atoms with Gasteiger partial charge < -0.3 is 4.90 Å². The van der Waals surface area contributed by atoms with Gasteiger partial charge in [0.05, 0.1) is 0 Å². The lowest BCUT2D eigenvalue weighted by Crippen LogP contribution is -2.23. The number of carbonyl (C=O) groups excluding carboxylic acids is 1. The van der Waals surface area contributed by atoms with Gasteiger partial charge in [-0.3, -0.25) is 4.79 Å². The van der Waals surface area contributed by atoms with Crippen molar-refractivity contribution in [3.8, 4) is 0 Å². The molecule has 0 unspecified atom stereocenters. The molecule has 1 aromatic heterocycles. The van der Waals surface area contributed by atoms with Gasteiger partial charge in [0.1, 0.15) is 12.0 Å². The van der Waals surface area contributed by atoms with Gasteiger partial charge in [0.15, 0.2) is 0 Å². The van der Waals surface area contributed by atoms with E-state index in [9.17, 15) is 4.79 Å². The fourth-order valence-corrected chi connectivity index (χ4v) is 1.35. The molecule has 0 aliphatic carbocycles. The van der Waals surface area contributed by atoms with Crippen LogP contribution in [0.3, 0.4) is 0 Å². The Kier molecular flexibility index (Phi) is 1.53. The molecule has 0 saturated carbocycles. The number of amides is 1. The number of hydrogen-bond donors (Lipinski definition) is 0. The second-order valence-corrected chi connectivity index (χ2v) is 2.72. The van der Waals surface area contributed by atoms with Crippen molar-refractivity contribution >= 4 is 5.91 Å². The molecule has 0 aromatic carbocycles. The molecule has 0 spiro atoms. The minimum atomic E-state index is 0.0231. The summed E-state index contributed by atoms with van der Waals surface area (Å²) in [6, 6.07) is 0. The first-order valence-corrected chi connectivity index (χ1v) is 3.91. The highest BCUT2D eigenvalue weighted by molar-refractivity contribution is 5.96. The summed E-state index contributed by atoms with van der Waals surface area (Å²) >= 11 is 0. The van der Waals surface area contributed by atoms with Gasteiger partial charge in [-0.25, -0.2) is 9.97 Å². The fraction of sp³-hybridized carbons (Fsp3) is 0.375. The Bertz CT molecular complexity index is 324. The Morgan fingerprint density at radius 3 is 3.17 bits per heavy atom. The molecule has 0 N–H and O–H groups in total. The van der Waals surface area contributed by atoms with E-state index in [0.29, 0.717) is 12.2 Å². The summed E-state index contributed by atoms with van der Waals surface area (Å²) in [5, 5.41) is 0. The van der Waals surface area contributed by atoms with Gasteiger partial charge in [-0.15, -0.1) is 0 Å². The summed E-state index contributed by atoms with van der Waals surface area (Å²) in [5.74, 6) is 0.0231. The van der Waals surface area contributed by atoms with E-state index in [1.165, 1.54) is 6.33 Å². The molecule has 0 fully saturated rings. The van der Waals surface area contributed by atoms with Crippen LogP contribution >= 0.6 is 0 Å². The van der Waals surface area contributed by atoms with Crippen LogP contribution in [0, 0.1) is 0 Å². The predicted molar refractivity (Wildman–Crippen MR) is 42.4 cm³/mol. The smallest absolute Gasteiger partial charge is 0.273 e. The molecule has 4 nitrogen and oxygen atoms in total. The van der Waals surface area contributed by atoms with E-state index in [2.05, 4.69) is 9.97 Å². The third kappa shape index (κ3) is 0.879. The van der Waals surface area contributed by atoms with Crippen LogP contribution in [-0.4, -0.2) is 27.3 Å². The van der Waals surface area contributed by atoms with Gasteiger partial charge in [0, 0.05) is 24.8 Å². The first kappa shape index (κ1) is 7.21. The molecule has 1 amide bonds. The van der Waals surface area contributed by atoms with Crippen molar-refractivity contribution in [1.29, 1.82) is 0 Å². The third-order valence-electron chi connectivity index (χ3n) is 2.02. The molecule has 1 aromatic rings. The van der Waals surface area contributed by atoms with E-state index in [1.54, 1.807) is 11.1 Å². The maximum Gasteiger partial charge on any atom is 0.273 e. The van der Waals surface area contributed by atoms with Crippen molar-refractivity contribution in [2.75, 3.05) is 6.54 Å². The lowest BCUT2D eigenvalue weighted by Gasteiger charge is -2.10. The van der Waals surface area contributed by atoms with Gasteiger partial charge in [-0.2, -0.15) is 0 Å². The number of carbonyl (C=O) groups is 1. The van der Waals surface area contributed by atoms with E-state index in [-0.39, 0.29) is 5.91 Å². The summed E-state index contributed by atoms with van der Waals surface area (Å²) in [6.45, 7) is 3.35. The number of hydrogen-bond acceptors (Lipinski definition) is 3. The molecule has 0 saturated heterocycles. The van der Waals surface area contributed by atoms with Crippen molar-refractivity contribution in [3.63, 3.8) is 0 Å². The molecule has 2 heterocycles. The summed E-state index contributed by atoms with van der Waals surface area (Å²) in [6.07, 6.45) is 3.12. The summed E-state index contributed by atoms with van der Waals surface area (Å²) in [5.41, 5.74) is 1.50. The molecule has 0 atom stereocenters. The molecule has 12 heavy (non-hydrogen) atoms. The second-order valence-electron chi connectivity index (χ2n) is 2.72. The maximum absolute atomic E-state index is 11.5. The Hall–Kier alpha value is -1.45. The summed E-state index contributed by atoms with van der Waals surface area (Å²) < 4.78 is 0. The quantitative estimate of drug-likeness (QED) is 0.604. The fourth-order valence-electron chi connectivity index (χ4n) is 1.35. The maximum atomic E-state index is 11.5. The minimum absolute atomic E-state index is 0.0231. The molecule has 0 radical (unpaired) electrons. The SMILES string of the molecule is CCN1Cc2cncnc2C1=O. The third-order valence-corrected chi connectivity index (χ3v) is 2.02. The van der Waals surface area contributed by atoms with Crippen LogP contribution in [0.4, 0.5) is 0 Å². The predicted octanol–water partition coefficient (Wildman–Crippen LogP) is 0.452. The number of fused-ring (bicyclic) bond motifs is 1. The number of aromatic nitrogens is 2. The van der Waals surface area contributed by atoms with E-state index >= 15 is 0 Å². The highest BCUT2D eigenvalue weighted by atomic mass is 16.2. The number of rotatable bonds is 1. The standard InChI is InChI=1S/C8H9N3O/c1-2-11-4-6-3-9-5-10-7(6)8(11)12/h3,5H,2,4H2,1H3. The van der Waals surface area contributed by atoms with Gasteiger partial charge in [0.25, 0.3) is 5.91 Å². The molecule has 1 aliphatic rings. The summed E-state index contributed by atoms with van der Waals surface area (Å²) in [7, 11) is 0. The van der Waals surface area contributed by atoms with Gasteiger partial charge >= 0.3 is 0 Å². The molecule has 2 rings (SSSR count). The van der Waals surface area contributed by atoms with Crippen LogP contribution in [0.2, 0.25) is 0 Å². The van der Waals surface area contributed by atoms with Crippen LogP contribution in [-0.2, 0) is 6.54 Å². The van der Waals surface area contributed by atoms with Crippen molar-refractivity contribution < 1.29 is 4.79 Å². The zero-order chi connectivity index (χ0) is 8.55. The van der Waals surface area contributed by atoms with E-state index in [1.807, 2.05) is 6.92 Å². The van der Waals surface area contributed by atoms with Gasteiger partial charge in [0.2, 0.25) is 0 Å². The van der Waals surface area contributed by atoms with Crippen LogP contribution in [0.1, 0.15) is 23.0 Å². The average molecular weight is 163 g/mol. The molecule has 0 bridgehead atoms. The molecule has 62 valence electrons. The topological polar surface area (TPSA) is 46.1 Å². The Labute approximate surface area is 70.2 Å². The van der Waals surface area contributed by atoms with Crippen LogP contribution < -0.4 is 0 Å². The molecular weight excluding hydrogens is 154 g/mol. The normalized spacial score (nSPS) is 15.1. The number of nitrogens with zero attached hydrogens (tertiary/aromatic N) is 3. The highest BCUT2D eigenvalue weighted by Crippen LogP contribution is 2.18. The second kappa shape index (κ2) is 2.55. The zero-order valence-corrected chi connectivity index (χ0v) is 6.82. The first-order valence-electron chi connectivity index (χ1n) is 3.91. The van der Waals surface area contributed by atoms with E-state index in [4.69, 9.17) is 0 Å². The first-order chi connectivity index (χ1) is 5.83. The van der Waals surface area contributed by atoms with Gasteiger partial charge in [-0.05, 0) is 6.92 Å². The van der Waals surface area contributed by atoms with Crippen molar-refractivity contribution in [1.82, 2.24) is 14.9 Å². The van der Waals surface area contributed by atoms with E-state index < -0.39 is 0 Å². The highest BCUT2D eigenvalue weighted by Gasteiger charge is 2.26. The van der Waals surface area contributed by atoms with Crippen molar-refractivity contribution in [2.24, 2.45) is 0 Å². The van der Waals surface area contributed by atoms with Crippen LogP contribution in [0.15, 0.2) is 12.5 Å². The monoisotopic (exact) mass is 163 g/mol. The largest absolute Gasteiger partial charge is 0.333 e. The van der Waals surface area contributed by atoms with E-state index in [0.717, 1.165) is 12.1 Å². The lowest BCUT2D eigenvalue weighted by molar-refractivity contribution is 0.0783. The summed E-state index contributed by atoms with van der Waals surface area (Å²) in [4.78, 5) is 21.0. The van der Waals surface area contributed by atoms with Crippen LogP contribution in [0.25, 0.3) is 0 Å². The molecular formula is C8H9N3O. The molecule has 1 aliphatic heterocycles. The lowest BCUT2D eigenvalue weighted by atomic mass is 10.3. The minimum Gasteiger partial charge on any atom is -0.333 e. The average Bonchev–Trinajstić information content (AvgIpc) is 2.44. The molecule has 4 heteroatoms. The van der Waals surface area contributed by atoms with Crippen LogP contribution in [0.5, 0.6) is 0 Å². The van der Waals surface area contributed by atoms with Gasteiger partial charge in [-0.1, -0.05) is 0 Å². The van der Waals surface area contributed by atoms with Crippen molar-refractivity contribution in [3.05, 3.63) is 23.8 Å². The Morgan fingerprint density at radius 2 is 2.50 bits per heavy atom. The zero-order valence-electron chi connectivity index (χ0n) is 6.82. The Morgan fingerprint density at radius 1 is 1.67 bits per heavy atom. The Balaban J connectivity index is 2.42. The van der Waals surface area contributed by atoms with Crippen molar-refractivity contribution in [2.45, 2.75) is 13.5 Å².